The number of carbonyl (C=O) groups is 2. The van der Waals surface area contributed by atoms with E-state index in [9.17, 15) is 9.59 Å². The lowest BCUT2D eigenvalue weighted by molar-refractivity contribution is -0.149. The molecule has 1 saturated heterocycles. The molecule has 0 bridgehead atoms. The van der Waals surface area contributed by atoms with Crippen molar-refractivity contribution < 1.29 is 9.59 Å². The summed E-state index contributed by atoms with van der Waals surface area (Å²) >= 11 is 0. The molecule has 4 heteroatoms. The molecule has 1 aliphatic heterocycles. The third kappa shape index (κ3) is 2.32. The highest BCUT2D eigenvalue weighted by Gasteiger charge is 2.32. The molecule has 1 heterocycles. The lowest BCUT2D eigenvalue weighted by Gasteiger charge is -2.30. The number of imide groups is 1. The highest BCUT2D eigenvalue weighted by atomic mass is 16.2. The van der Waals surface area contributed by atoms with Crippen molar-refractivity contribution in [1.29, 1.82) is 0 Å². The number of piperidine rings is 1. The van der Waals surface area contributed by atoms with Crippen LogP contribution in [0.2, 0.25) is 0 Å². The number of nitrogens with zero attached hydrogens (tertiary/aromatic N) is 1. The third-order valence-electron chi connectivity index (χ3n) is 2.74. The zero-order valence-electron chi connectivity index (χ0n) is 8.82. The first-order valence-electron chi connectivity index (χ1n) is 5.16. The van der Waals surface area contributed by atoms with Crippen molar-refractivity contribution in [3.8, 4) is 0 Å². The maximum Gasteiger partial charge on any atom is 0.246 e. The lowest BCUT2D eigenvalue weighted by Crippen LogP contribution is -2.52. The Bertz CT molecular complexity index is 240. The van der Waals surface area contributed by atoms with E-state index in [-0.39, 0.29) is 11.8 Å². The lowest BCUT2D eigenvalue weighted by atomic mass is 10.0. The first-order valence-corrected chi connectivity index (χ1v) is 5.16. The van der Waals surface area contributed by atoms with Crippen LogP contribution in [0.25, 0.3) is 0 Å². The minimum Gasteiger partial charge on any atom is -0.320 e. The molecule has 14 heavy (non-hydrogen) atoms. The van der Waals surface area contributed by atoms with Gasteiger partial charge in [-0.05, 0) is 12.3 Å². The van der Waals surface area contributed by atoms with Crippen molar-refractivity contribution in [2.45, 2.75) is 39.2 Å². The second-order valence-corrected chi connectivity index (χ2v) is 4.00. The molecular weight excluding hydrogens is 180 g/mol. The number of amides is 2. The summed E-state index contributed by atoms with van der Waals surface area (Å²) in [5.74, 6) is 0.0757. The minimum absolute atomic E-state index is 0.0722. The van der Waals surface area contributed by atoms with Gasteiger partial charge < -0.3 is 5.73 Å². The monoisotopic (exact) mass is 198 g/mol. The van der Waals surface area contributed by atoms with Gasteiger partial charge in [0.15, 0.2) is 0 Å². The van der Waals surface area contributed by atoms with Crippen LogP contribution in [0.4, 0.5) is 0 Å². The summed E-state index contributed by atoms with van der Waals surface area (Å²) in [5, 5.41) is 0. The normalized spacial score (nSPS) is 25.4. The molecule has 0 spiro atoms. The Morgan fingerprint density at radius 1 is 1.57 bits per heavy atom. The molecule has 2 unspecified atom stereocenters. The van der Waals surface area contributed by atoms with Crippen molar-refractivity contribution in [1.82, 2.24) is 4.90 Å². The fourth-order valence-electron chi connectivity index (χ4n) is 1.49. The van der Waals surface area contributed by atoms with E-state index < -0.39 is 6.04 Å². The summed E-state index contributed by atoms with van der Waals surface area (Å²) in [7, 11) is 0. The molecule has 0 aliphatic carbocycles. The van der Waals surface area contributed by atoms with E-state index in [4.69, 9.17) is 5.73 Å². The van der Waals surface area contributed by atoms with Crippen LogP contribution in [0.5, 0.6) is 0 Å². The molecule has 1 aliphatic rings. The molecule has 1 fully saturated rings. The van der Waals surface area contributed by atoms with Gasteiger partial charge in [-0.1, -0.05) is 20.3 Å². The van der Waals surface area contributed by atoms with E-state index in [0.717, 1.165) is 6.42 Å². The molecule has 0 aromatic heterocycles. The second kappa shape index (κ2) is 4.55. The van der Waals surface area contributed by atoms with Gasteiger partial charge in [0, 0.05) is 13.0 Å². The van der Waals surface area contributed by atoms with Crippen LogP contribution < -0.4 is 5.73 Å². The Balaban J connectivity index is 2.63. The maximum atomic E-state index is 11.6. The largest absolute Gasteiger partial charge is 0.320 e. The SMILES string of the molecule is CCC(C)CN1C(=O)CCC(N)C1=O. The Labute approximate surface area is 84.4 Å². The van der Waals surface area contributed by atoms with Crippen molar-refractivity contribution in [3.63, 3.8) is 0 Å². The molecule has 0 saturated carbocycles. The third-order valence-corrected chi connectivity index (χ3v) is 2.74. The summed E-state index contributed by atoms with van der Waals surface area (Å²) < 4.78 is 0. The van der Waals surface area contributed by atoms with Gasteiger partial charge >= 0.3 is 0 Å². The van der Waals surface area contributed by atoms with E-state index in [0.29, 0.717) is 25.3 Å². The van der Waals surface area contributed by atoms with E-state index in [1.165, 1.54) is 4.90 Å². The predicted octanol–water partition coefficient (Wildman–Crippen LogP) is 0.509. The van der Waals surface area contributed by atoms with Gasteiger partial charge in [-0.3, -0.25) is 14.5 Å². The van der Waals surface area contributed by atoms with E-state index >= 15 is 0 Å². The first-order chi connectivity index (χ1) is 6.56. The Morgan fingerprint density at radius 3 is 2.79 bits per heavy atom. The molecule has 2 N–H and O–H groups in total. The zero-order valence-corrected chi connectivity index (χ0v) is 8.82. The Kier molecular flexibility index (Phi) is 3.63. The Morgan fingerprint density at radius 2 is 2.21 bits per heavy atom. The van der Waals surface area contributed by atoms with Gasteiger partial charge in [0.05, 0.1) is 6.04 Å². The van der Waals surface area contributed by atoms with E-state index in [1.54, 1.807) is 0 Å². The highest BCUT2D eigenvalue weighted by Crippen LogP contribution is 2.14. The van der Waals surface area contributed by atoms with Gasteiger partial charge in [0.25, 0.3) is 0 Å². The van der Waals surface area contributed by atoms with Crippen molar-refractivity contribution in [3.05, 3.63) is 0 Å². The quantitative estimate of drug-likeness (QED) is 0.672. The standard InChI is InChI=1S/C10H18N2O2/c1-3-7(2)6-12-9(13)5-4-8(11)10(12)14/h7-8H,3-6,11H2,1-2H3. The van der Waals surface area contributed by atoms with Gasteiger partial charge in [0.2, 0.25) is 11.8 Å². The molecule has 2 atom stereocenters. The van der Waals surface area contributed by atoms with Crippen molar-refractivity contribution in [2.75, 3.05) is 6.54 Å². The van der Waals surface area contributed by atoms with Crippen LogP contribution in [0.3, 0.4) is 0 Å². The van der Waals surface area contributed by atoms with Crippen molar-refractivity contribution >= 4 is 11.8 Å². The summed E-state index contributed by atoms with van der Waals surface area (Å²) in [4.78, 5) is 24.3. The molecular formula is C10H18N2O2. The number of likely N-dealkylation sites (tertiary alicyclic amines) is 1. The van der Waals surface area contributed by atoms with Crippen LogP contribution in [-0.2, 0) is 9.59 Å². The van der Waals surface area contributed by atoms with Crippen molar-refractivity contribution in [2.24, 2.45) is 11.7 Å². The predicted molar refractivity (Wildman–Crippen MR) is 53.4 cm³/mol. The zero-order chi connectivity index (χ0) is 10.7. The van der Waals surface area contributed by atoms with Gasteiger partial charge in [-0.2, -0.15) is 0 Å². The van der Waals surface area contributed by atoms with Gasteiger partial charge in [-0.15, -0.1) is 0 Å². The molecule has 0 radical (unpaired) electrons. The fraction of sp³-hybridized carbons (Fsp3) is 0.800. The topological polar surface area (TPSA) is 63.4 Å². The minimum atomic E-state index is -0.475. The molecule has 2 amide bonds. The molecule has 0 aromatic carbocycles. The average molecular weight is 198 g/mol. The molecule has 4 nitrogen and oxygen atoms in total. The van der Waals surface area contributed by atoms with Crippen LogP contribution in [0.1, 0.15) is 33.1 Å². The number of rotatable bonds is 3. The number of carbonyl (C=O) groups excluding carboxylic acids is 2. The van der Waals surface area contributed by atoms with Gasteiger partial charge in [0.1, 0.15) is 0 Å². The average Bonchev–Trinajstić information content (AvgIpc) is 2.18. The fourth-order valence-corrected chi connectivity index (χ4v) is 1.49. The van der Waals surface area contributed by atoms with Crippen LogP contribution in [0, 0.1) is 5.92 Å². The maximum absolute atomic E-state index is 11.6. The highest BCUT2D eigenvalue weighted by molar-refractivity contribution is 6.00. The number of nitrogens with two attached hydrogens (primary N) is 1. The van der Waals surface area contributed by atoms with E-state index in [2.05, 4.69) is 0 Å². The summed E-state index contributed by atoms with van der Waals surface area (Å²) in [5.41, 5.74) is 5.60. The summed E-state index contributed by atoms with van der Waals surface area (Å²) in [6, 6.07) is -0.475. The van der Waals surface area contributed by atoms with Gasteiger partial charge in [-0.25, -0.2) is 0 Å². The first kappa shape index (κ1) is 11.2. The smallest absolute Gasteiger partial charge is 0.246 e. The van der Waals surface area contributed by atoms with Crippen LogP contribution in [0.15, 0.2) is 0 Å². The second-order valence-electron chi connectivity index (χ2n) is 4.00. The number of hydrogen-bond donors (Lipinski definition) is 1. The summed E-state index contributed by atoms with van der Waals surface area (Å²) in [6.07, 6.45) is 1.87. The molecule has 1 rings (SSSR count). The number of hydrogen-bond acceptors (Lipinski definition) is 3. The molecule has 0 aromatic rings. The molecule has 80 valence electrons. The van der Waals surface area contributed by atoms with E-state index in [1.807, 2.05) is 13.8 Å². The summed E-state index contributed by atoms with van der Waals surface area (Å²) in [6.45, 7) is 4.59. The van der Waals surface area contributed by atoms with Crippen LogP contribution >= 0.6 is 0 Å². The van der Waals surface area contributed by atoms with Crippen LogP contribution in [-0.4, -0.2) is 29.3 Å². The Hall–Kier alpha value is -0.900.